The summed E-state index contributed by atoms with van der Waals surface area (Å²) in [6.45, 7) is 0. The number of rotatable bonds is 3. The normalized spacial score (nSPS) is 19.4. The lowest BCUT2D eigenvalue weighted by atomic mass is 9.84. The van der Waals surface area contributed by atoms with Crippen LogP contribution in [-0.2, 0) is 0 Å². The van der Waals surface area contributed by atoms with Gasteiger partial charge in [0.15, 0.2) is 0 Å². The molecule has 0 unspecified atom stereocenters. The Balaban J connectivity index is 2.08. The number of nitrogens with zero attached hydrogens (tertiary/aromatic N) is 1. The quantitative estimate of drug-likeness (QED) is 0.745. The molecular formula is C12H16BrNS. The molecule has 1 heterocycles. The minimum atomic E-state index is 0.792. The highest BCUT2D eigenvalue weighted by Crippen LogP contribution is 2.31. The van der Waals surface area contributed by atoms with Gasteiger partial charge in [0, 0.05) is 10.7 Å². The summed E-state index contributed by atoms with van der Waals surface area (Å²) in [6, 6.07) is 0. The zero-order valence-corrected chi connectivity index (χ0v) is 11.2. The lowest BCUT2D eigenvalue weighted by Crippen LogP contribution is -2.10. The molecule has 1 nitrogen and oxygen atoms in total. The van der Waals surface area contributed by atoms with Crippen molar-refractivity contribution in [3.05, 3.63) is 22.2 Å². The first kappa shape index (κ1) is 11.3. The van der Waals surface area contributed by atoms with Crippen LogP contribution in [0.1, 0.15) is 37.8 Å². The molecule has 1 aliphatic rings. The van der Waals surface area contributed by atoms with E-state index in [1.165, 1.54) is 37.7 Å². The van der Waals surface area contributed by atoms with Crippen LogP contribution in [0.15, 0.2) is 16.5 Å². The Morgan fingerprint density at radius 1 is 1.47 bits per heavy atom. The molecule has 2 rings (SSSR count). The number of allylic oxidation sites excluding steroid dienone is 1. The van der Waals surface area contributed by atoms with Gasteiger partial charge < -0.3 is 0 Å². The van der Waals surface area contributed by atoms with E-state index in [2.05, 4.69) is 32.4 Å². The van der Waals surface area contributed by atoms with Crippen molar-refractivity contribution in [2.75, 3.05) is 5.33 Å². The van der Waals surface area contributed by atoms with Gasteiger partial charge in [-0.2, -0.15) is 0 Å². The highest BCUT2D eigenvalue weighted by molar-refractivity contribution is 9.09. The predicted molar refractivity (Wildman–Crippen MR) is 70.5 cm³/mol. The molecule has 82 valence electrons. The Labute approximate surface area is 104 Å². The maximum absolute atomic E-state index is 4.32. The van der Waals surface area contributed by atoms with Gasteiger partial charge in [-0.3, -0.25) is 0 Å². The van der Waals surface area contributed by atoms with Gasteiger partial charge in [-0.25, -0.2) is 4.98 Å². The van der Waals surface area contributed by atoms with Crippen molar-refractivity contribution in [3.63, 3.8) is 0 Å². The van der Waals surface area contributed by atoms with Gasteiger partial charge in [-0.1, -0.05) is 40.8 Å². The summed E-state index contributed by atoms with van der Waals surface area (Å²) in [7, 11) is 0. The smallest absolute Gasteiger partial charge is 0.0798 e. The van der Waals surface area contributed by atoms with Crippen LogP contribution < -0.4 is 0 Å². The summed E-state index contributed by atoms with van der Waals surface area (Å²) in [4.78, 5) is 4.32. The molecule has 0 radical (unpaired) electrons. The lowest BCUT2D eigenvalue weighted by molar-refractivity contribution is 0.405. The average Bonchev–Trinajstić information content (AvgIpc) is 2.80. The Morgan fingerprint density at radius 2 is 2.27 bits per heavy atom. The first-order chi connectivity index (χ1) is 7.40. The van der Waals surface area contributed by atoms with Crippen molar-refractivity contribution in [3.8, 4) is 0 Å². The van der Waals surface area contributed by atoms with E-state index < -0.39 is 0 Å². The Bertz CT molecular complexity index is 312. The lowest BCUT2D eigenvalue weighted by Gasteiger charge is -2.23. The molecule has 0 N–H and O–H groups in total. The van der Waals surface area contributed by atoms with Crippen LogP contribution in [0.3, 0.4) is 0 Å². The van der Waals surface area contributed by atoms with Crippen LogP contribution in [-0.4, -0.2) is 10.3 Å². The fourth-order valence-corrected chi connectivity index (χ4v) is 3.35. The van der Waals surface area contributed by atoms with Crippen molar-refractivity contribution < 1.29 is 0 Å². The van der Waals surface area contributed by atoms with Gasteiger partial charge >= 0.3 is 0 Å². The van der Waals surface area contributed by atoms with Gasteiger partial charge in [0.05, 0.1) is 11.2 Å². The molecule has 15 heavy (non-hydrogen) atoms. The third-order valence-electron chi connectivity index (χ3n) is 3.07. The minimum Gasteiger partial charge on any atom is -0.245 e. The fraction of sp³-hybridized carbons (Fsp3) is 0.583. The number of hydrogen-bond donors (Lipinski definition) is 0. The molecule has 1 fully saturated rings. The second kappa shape index (κ2) is 5.80. The van der Waals surface area contributed by atoms with Crippen molar-refractivity contribution >= 4 is 33.3 Å². The summed E-state index contributed by atoms with van der Waals surface area (Å²) in [5.41, 5.74) is 4.55. The summed E-state index contributed by atoms with van der Waals surface area (Å²) >= 11 is 5.27. The van der Waals surface area contributed by atoms with Gasteiger partial charge in [0.2, 0.25) is 0 Å². The second-order valence-corrected chi connectivity index (χ2v) is 5.38. The van der Waals surface area contributed by atoms with Crippen molar-refractivity contribution in [1.29, 1.82) is 0 Å². The largest absolute Gasteiger partial charge is 0.245 e. The SMILES string of the molecule is BrCC(=Cc1cscn1)C1CCCCC1. The Hall–Kier alpha value is -0.150. The molecule has 0 atom stereocenters. The van der Waals surface area contributed by atoms with E-state index in [0.717, 1.165) is 16.9 Å². The molecule has 0 spiro atoms. The summed E-state index contributed by atoms with van der Waals surface area (Å²) in [6.07, 6.45) is 9.20. The second-order valence-electron chi connectivity index (χ2n) is 4.10. The van der Waals surface area contributed by atoms with Crippen LogP contribution in [0.25, 0.3) is 6.08 Å². The maximum Gasteiger partial charge on any atom is 0.0798 e. The number of thiazole rings is 1. The number of alkyl halides is 1. The minimum absolute atomic E-state index is 0.792. The molecular weight excluding hydrogens is 270 g/mol. The standard InChI is InChI=1S/C12H16BrNS/c13-7-11(6-12-8-15-9-14-12)10-4-2-1-3-5-10/h6,8-10H,1-5,7H2. The molecule has 0 saturated heterocycles. The van der Waals surface area contributed by atoms with Crippen molar-refractivity contribution in [2.45, 2.75) is 32.1 Å². The Kier molecular flexibility index (Phi) is 4.39. The summed E-state index contributed by atoms with van der Waals surface area (Å²) in [5, 5.41) is 3.11. The van der Waals surface area contributed by atoms with E-state index in [0.29, 0.717) is 0 Å². The molecule has 3 heteroatoms. The van der Waals surface area contributed by atoms with Crippen LogP contribution in [0.5, 0.6) is 0 Å². The number of aromatic nitrogens is 1. The van der Waals surface area contributed by atoms with E-state index in [4.69, 9.17) is 0 Å². The third-order valence-corrected chi connectivity index (χ3v) is 4.32. The fourth-order valence-electron chi connectivity index (χ4n) is 2.22. The van der Waals surface area contributed by atoms with Crippen LogP contribution in [0.2, 0.25) is 0 Å². The van der Waals surface area contributed by atoms with Gasteiger partial charge in [-0.15, -0.1) is 11.3 Å². The van der Waals surface area contributed by atoms with Crippen LogP contribution >= 0.6 is 27.3 Å². The Morgan fingerprint density at radius 3 is 2.87 bits per heavy atom. The number of hydrogen-bond acceptors (Lipinski definition) is 2. The van der Waals surface area contributed by atoms with Gasteiger partial charge in [-0.05, 0) is 24.8 Å². The van der Waals surface area contributed by atoms with E-state index in [9.17, 15) is 0 Å². The topological polar surface area (TPSA) is 12.9 Å². The summed E-state index contributed by atoms with van der Waals surface area (Å²) < 4.78 is 0. The monoisotopic (exact) mass is 285 g/mol. The van der Waals surface area contributed by atoms with Gasteiger partial charge in [0.25, 0.3) is 0 Å². The highest BCUT2D eigenvalue weighted by atomic mass is 79.9. The molecule has 0 aliphatic heterocycles. The van der Waals surface area contributed by atoms with E-state index >= 15 is 0 Å². The molecule has 0 bridgehead atoms. The van der Waals surface area contributed by atoms with E-state index in [1.54, 1.807) is 11.3 Å². The summed E-state index contributed by atoms with van der Waals surface area (Å²) in [5.74, 6) is 0.792. The van der Waals surface area contributed by atoms with Crippen LogP contribution in [0, 0.1) is 5.92 Å². The van der Waals surface area contributed by atoms with Crippen molar-refractivity contribution in [2.24, 2.45) is 5.92 Å². The van der Waals surface area contributed by atoms with E-state index in [-0.39, 0.29) is 0 Å². The first-order valence-corrected chi connectivity index (χ1v) is 7.61. The molecule has 0 amide bonds. The molecule has 1 aromatic rings. The molecule has 1 saturated carbocycles. The predicted octanol–water partition coefficient (Wildman–Crippen LogP) is 4.50. The molecule has 0 aromatic carbocycles. The average molecular weight is 286 g/mol. The van der Waals surface area contributed by atoms with Gasteiger partial charge in [0.1, 0.15) is 0 Å². The van der Waals surface area contributed by atoms with Crippen molar-refractivity contribution in [1.82, 2.24) is 4.98 Å². The third kappa shape index (κ3) is 3.15. The number of halogens is 1. The first-order valence-electron chi connectivity index (χ1n) is 5.55. The zero-order valence-electron chi connectivity index (χ0n) is 8.79. The molecule has 1 aliphatic carbocycles. The molecule has 1 aromatic heterocycles. The van der Waals surface area contributed by atoms with Crippen LogP contribution in [0.4, 0.5) is 0 Å². The highest BCUT2D eigenvalue weighted by Gasteiger charge is 2.17. The maximum atomic E-state index is 4.32. The zero-order chi connectivity index (χ0) is 10.5. The van der Waals surface area contributed by atoms with E-state index in [1.807, 2.05) is 5.51 Å².